The first-order chi connectivity index (χ1) is 8.24. The normalized spacial score (nSPS) is 18.0. The van der Waals surface area contributed by atoms with E-state index in [9.17, 15) is 4.79 Å². The molecule has 0 bridgehead atoms. The van der Waals surface area contributed by atoms with Crippen LogP contribution >= 0.6 is 11.8 Å². The van der Waals surface area contributed by atoms with Gasteiger partial charge in [0.2, 0.25) is 5.89 Å². The summed E-state index contributed by atoms with van der Waals surface area (Å²) in [6.07, 6.45) is 0.794. The summed E-state index contributed by atoms with van der Waals surface area (Å²) in [6, 6.07) is 8.05. The summed E-state index contributed by atoms with van der Waals surface area (Å²) in [4.78, 5) is 11.8. The predicted molar refractivity (Wildman–Crippen MR) is 60.0 cm³/mol. The summed E-state index contributed by atoms with van der Waals surface area (Å²) in [5.74, 6) is -1.16. The van der Waals surface area contributed by atoms with E-state index >= 15 is 0 Å². The summed E-state index contributed by atoms with van der Waals surface area (Å²) >= 11 is 1.63. The molecule has 6 heteroatoms. The van der Waals surface area contributed by atoms with Gasteiger partial charge in [-0.1, -0.05) is 18.2 Å². The maximum absolute atomic E-state index is 10.6. The lowest BCUT2D eigenvalue weighted by Gasteiger charge is -1.99. The third-order valence-electron chi connectivity index (χ3n) is 2.55. The largest absolute Gasteiger partial charge is 0.474 e. The maximum atomic E-state index is 10.6. The van der Waals surface area contributed by atoms with E-state index < -0.39 is 5.97 Å². The average Bonchev–Trinajstić information content (AvgIpc) is 2.95. The zero-order chi connectivity index (χ0) is 11.8. The van der Waals surface area contributed by atoms with Crippen LogP contribution in [0.4, 0.5) is 0 Å². The molecule has 1 aliphatic heterocycles. The van der Waals surface area contributed by atoms with Gasteiger partial charge in [-0.25, -0.2) is 4.79 Å². The van der Waals surface area contributed by atoms with Crippen LogP contribution in [0.3, 0.4) is 0 Å². The second-order valence-electron chi connectivity index (χ2n) is 3.67. The number of carbonyl (C=O) groups is 1. The van der Waals surface area contributed by atoms with Gasteiger partial charge in [-0.3, -0.25) is 0 Å². The van der Waals surface area contributed by atoms with Crippen LogP contribution in [0.25, 0.3) is 0 Å². The van der Waals surface area contributed by atoms with Crippen molar-refractivity contribution in [2.75, 3.05) is 0 Å². The summed E-state index contributed by atoms with van der Waals surface area (Å²) < 4.78 is 5.12. The Labute approximate surface area is 101 Å². The van der Waals surface area contributed by atoms with Crippen molar-refractivity contribution in [3.63, 3.8) is 0 Å². The predicted octanol–water partition coefficient (Wildman–Crippen LogP) is 2.16. The van der Waals surface area contributed by atoms with E-state index in [0.29, 0.717) is 5.89 Å². The molecule has 0 saturated heterocycles. The Morgan fingerprint density at radius 2 is 2.24 bits per heavy atom. The molecule has 1 aliphatic rings. The van der Waals surface area contributed by atoms with Crippen molar-refractivity contribution in [2.45, 2.75) is 16.6 Å². The van der Waals surface area contributed by atoms with Crippen molar-refractivity contribution >= 4 is 17.7 Å². The molecular weight excluding hydrogens is 240 g/mol. The fraction of sp³-hybridized carbons (Fsp3) is 0.182. The van der Waals surface area contributed by atoms with Crippen LogP contribution < -0.4 is 0 Å². The molecule has 0 fully saturated rings. The van der Waals surface area contributed by atoms with E-state index in [-0.39, 0.29) is 11.1 Å². The number of carboxylic acid groups (broad SMARTS) is 1. The quantitative estimate of drug-likeness (QED) is 0.877. The number of hydrogen-bond donors (Lipinski definition) is 1. The Balaban J connectivity index is 1.86. The topological polar surface area (TPSA) is 76.2 Å². The van der Waals surface area contributed by atoms with E-state index in [1.165, 1.54) is 10.5 Å². The van der Waals surface area contributed by atoms with Crippen LogP contribution in [0, 0.1) is 0 Å². The van der Waals surface area contributed by atoms with E-state index in [2.05, 4.69) is 16.3 Å². The monoisotopic (exact) mass is 248 g/mol. The van der Waals surface area contributed by atoms with Gasteiger partial charge in [-0.15, -0.1) is 22.0 Å². The number of aromatic nitrogens is 2. The van der Waals surface area contributed by atoms with Gasteiger partial charge in [-0.05, 0) is 18.1 Å². The number of carboxylic acids is 1. The van der Waals surface area contributed by atoms with Crippen LogP contribution in [0.2, 0.25) is 0 Å². The molecule has 1 aromatic heterocycles. The molecule has 0 saturated carbocycles. The van der Waals surface area contributed by atoms with Gasteiger partial charge in [-0.2, -0.15) is 0 Å². The molecule has 0 radical (unpaired) electrons. The smallest absolute Gasteiger partial charge is 0.393 e. The molecule has 17 heavy (non-hydrogen) atoms. The van der Waals surface area contributed by atoms with Crippen LogP contribution in [0.1, 0.15) is 27.4 Å². The highest BCUT2D eigenvalue weighted by Crippen LogP contribution is 2.45. The maximum Gasteiger partial charge on any atom is 0.393 e. The molecule has 0 spiro atoms. The van der Waals surface area contributed by atoms with E-state index in [1.807, 2.05) is 18.2 Å². The fourth-order valence-electron chi connectivity index (χ4n) is 1.77. The third kappa shape index (κ3) is 1.80. The minimum atomic E-state index is -1.19. The summed E-state index contributed by atoms with van der Waals surface area (Å²) in [6.45, 7) is 0. The summed E-state index contributed by atoms with van der Waals surface area (Å²) in [7, 11) is 0. The lowest BCUT2D eigenvalue weighted by atomic mass is 10.1. The second kappa shape index (κ2) is 3.89. The number of rotatable bonds is 2. The van der Waals surface area contributed by atoms with Crippen molar-refractivity contribution in [3.05, 3.63) is 41.6 Å². The lowest BCUT2D eigenvalue weighted by molar-refractivity contribution is 0.0651. The molecule has 1 unspecified atom stereocenters. The minimum absolute atomic E-state index is 0.0213. The van der Waals surface area contributed by atoms with Crippen molar-refractivity contribution in [2.24, 2.45) is 0 Å². The molecule has 3 rings (SSSR count). The molecule has 86 valence electrons. The van der Waals surface area contributed by atoms with Gasteiger partial charge >= 0.3 is 11.9 Å². The van der Waals surface area contributed by atoms with E-state index in [1.54, 1.807) is 11.8 Å². The van der Waals surface area contributed by atoms with Gasteiger partial charge in [0.05, 0.1) is 5.25 Å². The minimum Gasteiger partial charge on any atom is -0.474 e. The number of aromatic carboxylic acids is 1. The zero-order valence-corrected chi connectivity index (χ0v) is 9.48. The first kappa shape index (κ1) is 10.3. The third-order valence-corrected chi connectivity index (χ3v) is 3.85. The molecule has 1 N–H and O–H groups in total. The molecular formula is C11H8N2O3S. The average molecular weight is 248 g/mol. The number of benzene rings is 1. The van der Waals surface area contributed by atoms with Crippen molar-refractivity contribution < 1.29 is 14.3 Å². The standard InChI is InChI=1S/C11H8N2O3S/c14-11(15)10-13-12-9(16-10)8-5-6-3-1-2-4-7(6)17-8/h1-4,8H,5H2,(H,14,15). The van der Waals surface area contributed by atoms with Crippen molar-refractivity contribution in [1.29, 1.82) is 0 Å². The highest BCUT2D eigenvalue weighted by atomic mass is 32.2. The molecule has 2 aromatic rings. The number of nitrogens with zero attached hydrogens (tertiary/aromatic N) is 2. The Morgan fingerprint density at radius 3 is 2.94 bits per heavy atom. The van der Waals surface area contributed by atoms with Crippen LogP contribution in [0.5, 0.6) is 0 Å². The molecule has 1 aromatic carbocycles. The van der Waals surface area contributed by atoms with Crippen LogP contribution in [0.15, 0.2) is 33.6 Å². The first-order valence-corrected chi connectivity index (χ1v) is 5.93. The van der Waals surface area contributed by atoms with Crippen molar-refractivity contribution in [3.8, 4) is 0 Å². The Hall–Kier alpha value is -1.82. The van der Waals surface area contributed by atoms with E-state index in [0.717, 1.165) is 6.42 Å². The first-order valence-electron chi connectivity index (χ1n) is 5.05. The summed E-state index contributed by atoms with van der Waals surface area (Å²) in [5, 5.41) is 16.0. The molecule has 1 atom stereocenters. The Kier molecular flexibility index (Phi) is 2.36. The highest BCUT2D eigenvalue weighted by molar-refractivity contribution is 7.99. The Morgan fingerprint density at radius 1 is 1.41 bits per heavy atom. The molecule has 0 aliphatic carbocycles. The van der Waals surface area contributed by atoms with Gasteiger partial charge < -0.3 is 9.52 Å². The van der Waals surface area contributed by atoms with Gasteiger partial charge in [0.25, 0.3) is 0 Å². The Bertz CT molecular complexity index is 557. The van der Waals surface area contributed by atoms with Gasteiger partial charge in [0, 0.05) is 4.90 Å². The van der Waals surface area contributed by atoms with E-state index in [4.69, 9.17) is 9.52 Å². The fourth-order valence-corrected chi connectivity index (χ4v) is 3.00. The number of fused-ring (bicyclic) bond motifs is 1. The van der Waals surface area contributed by atoms with Crippen molar-refractivity contribution in [1.82, 2.24) is 10.2 Å². The second-order valence-corrected chi connectivity index (χ2v) is 4.91. The highest BCUT2D eigenvalue weighted by Gasteiger charge is 2.28. The lowest BCUT2D eigenvalue weighted by Crippen LogP contribution is -1.95. The van der Waals surface area contributed by atoms with Crippen LogP contribution in [-0.4, -0.2) is 21.3 Å². The van der Waals surface area contributed by atoms with Gasteiger partial charge in [0.15, 0.2) is 0 Å². The van der Waals surface area contributed by atoms with Crippen LogP contribution in [-0.2, 0) is 6.42 Å². The zero-order valence-electron chi connectivity index (χ0n) is 8.66. The number of thioether (sulfide) groups is 1. The SMILES string of the molecule is O=C(O)c1nnc(C2Cc3ccccc3S2)o1. The molecule has 5 nitrogen and oxygen atoms in total. The number of hydrogen-bond acceptors (Lipinski definition) is 5. The van der Waals surface area contributed by atoms with Gasteiger partial charge in [0.1, 0.15) is 0 Å². The summed E-state index contributed by atoms with van der Waals surface area (Å²) in [5.41, 5.74) is 1.23. The molecule has 2 heterocycles. The molecule has 0 amide bonds.